The lowest BCUT2D eigenvalue weighted by molar-refractivity contribution is 0.0596. The highest BCUT2D eigenvalue weighted by Gasteiger charge is 2.33. The molecule has 2 aromatic rings. The number of rotatable bonds is 3. The van der Waals surface area contributed by atoms with Crippen molar-refractivity contribution in [2.45, 2.75) is 64.3 Å². The van der Waals surface area contributed by atoms with Crippen LogP contribution in [-0.2, 0) is 19.3 Å². The van der Waals surface area contributed by atoms with Gasteiger partial charge in [0.2, 0.25) is 5.89 Å². The van der Waals surface area contributed by atoms with E-state index in [1.54, 1.807) is 11.3 Å². The molecule has 0 bridgehead atoms. The average Bonchev–Trinajstić information content (AvgIpc) is 3.28. The first-order valence-electron chi connectivity index (χ1n) is 9.00. The second-order valence-corrected chi connectivity index (χ2v) is 7.63. The molecule has 0 spiro atoms. The average molecular weight is 345 g/mol. The summed E-state index contributed by atoms with van der Waals surface area (Å²) in [5.41, 5.74) is 2.21. The molecule has 24 heavy (non-hydrogen) atoms. The van der Waals surface area contributed by atoms with Crippen LogP contribution in [0.4, 0.5) is 0 Å². The van der Waals surface area contributed by atoms with E-state index in [1.165, 1.54) is 23.3 Å². The van der Waals surface area contributed by atoms with E-state index in [2.05, 4.69) is 15.5 Å². The van der Waals surface area contributed by atoms with Gasteiger partial charge in [0.05, 0.1) is 11.6 Å². The summed E-state index contributed by atoms with van der Waals surface area (Å²) in [6.07, 6.45) is 8.40. The maximum absolute atomic E-state index is 13.2. The fraction of sp³-hybridized carbons (Fsp3) is 0.611. The Kier molecular flexibility index (Phi) is 4.39. The van der Waals surface area contributed by atoms with E-state index in [4.69, 9.17) is 4.52 Å². The van der Waals surface area contributed by atoms with Gasteiger partial charge in [-0.15, -0.1) is 11.3 Å². The first kappa shape index (κ1) is 15.8. The van der Waals surface area contributed by atoms with Crippen molar-refractivity contribution in [3.05, 3.63) is 33.1 Å². The van der Waals surface area contributed by atoms with Crippen LogP contribution in [0.5, 0.6) is 0 Å². The number of aromatic nitrogens is 2. The van der Waals surface area contributed by atoms with Crippen molar-refractivity contribution in [3.63, 3.8) is 0 Å². The van der Waals surface area contributed by atoms with Crippen molar-refractivity contribution in [1.82, 2.24) is 15.0 Å². The summed E-state index contributed by atoms with van der Waals surface area (Å²) in [5.74, 6) is 1.47. The fourth-order valence-electron chi connectivity index (χ4n) is 3.82. The second kappa shape index (κ2) is 6.67. The minimum absolute atomic E-state index is 0.0468. The first-order valence-corrected chi connectivity index (χ1v) is 9.88. The van der Waals surface area contributed by atoms with Crippen LogP contribution in [-0.4, -0.2) is 27.5 Å². The molecular formula is C18H23N3O2S. The zero-order valence-corrected chi connectivity index (χ0v) is 14.9. The van der Waals surface area contributed by atoms with Gasteiger partial charge in [-0.1, -0.05) is 12.1 Å². The standard InChI is InChI=1S/C18H23N3O2S/c1-2-16-19-17(20-23-16)14-8-5-6-10-21(14)18(22)13-11-24-15-9-4-3-7-12(13)15/h11,14H,2-10H2,1H3. The summed E-state index contributed by atoms with van der Waals surface area (Å²) in [6, 6.07) is -0.0468. The Balaban J connectivity index is 1.62. The Bertz CT molecular complexity index is 736. The number of nitrogens with zero attached hydrogens (tertiary/aromatic N) is 3. The molecule has 0 saturated carbocycles. The van der Waals surface area contributed by atoms with Crippen LogP contribution in [0.25, 0.3) is 0 Å². The lowest BCUT2D eigenvalue weighted by Crippen LogP contribution is -2.39. The third-order valence-electron chi connectivity index (χ3n) is 5.14. The molecule has 0 N–H and O–H groups in total. The molecule has 0 radical (unpaired) electrons. The second-order valence-electron chi connectivity index (χ2n) is 6.67. The highest BCUT2D eigenvalue weighted by Crippen LogP contribution is 2.35. The lowest BCUT2D eigenvalue weighted by atomic mass is 9.94. The van der Waals surface area contributed by atoms with Crippen molar-refractivity contribution in [2.24, 2.45) is 0 Å². The van der Waals surface area contributed by atoms with Gasteiger partial charge in [0, 0.05) is 23.2 Å². The molecule has 2 aliphatic rings. The maximum Gasteiger partial charge on any atom is 0.255 e. The van der Waals surface area contributed by atoms with Crippen molar-refractivity contribution >= 4 is 17.2 Å². The van der Waals surface area contributed by atoms with Crippen LogP contribution < -0.4 is 0 Å². The van der Waals surface area contributed by atoms with E-state index < -0.39 is 0 Å². The number of fused-ring (bicyclic) bond motifs is 1. The molecule has 1 fully saturated rings. The number of likely N-dealkylation sites (tertiary alicyclic amines) is 1. The van der Waals surface area contributed by atoms with Gasteiger partial charge in [-0.25, -0.2) is 0 Å². The molecule has 1 aliphatic carbocycles. The Hall–Kier alpha value is -1.69. The van der Waals surface area contributed by atoms with Crippen molar-refractivity contribution in [1.29, 1.82) is 0 Å². The first-order chi connectivity index (χ1) is 11.8. The van der Waals surface area contributed by atoms with Crippen molar-refractivity contribution in [3.8, 4) is 0 Å². The van der Waals surface area contributed by atoms with Gasteiger partial charge >= 0.3 is 0 Å². The molecule has 1 saturated heterocycles. The van der Waals surface area contributed by atoms with Crippen LogP contribution in [0.2, 0.25) is 0 Å². The molecule has 1 aliphatic heterocycles. The monoisotopic (exact) mass is 345 g/mol. The quantitative estimate of drug-likeness (QED) is 0.845. The van der Waals surface area contributed by atoms with Crippen LogP contribution >= 0.6 is 11.3 Å². The normalized spacial score (nSPS) is 20.9. The van der Waals surface area contributed by atoms with Gasteiger partial charge in [0.1, 0.15) is 0 Å². The van der Waals surface area contributed by atoms with Gasteiger partial charge in [-0.2, -0.15) is 4.98 Å². The number of carbonyl (C=O) groups excluding carboxylic acids is 1. The zero-order chi connectivity index (χ0) is 16.5. The van der Waals surface area contributed by atoms with Gasteiger partial charge in [0.25, 0.3) is 5.91 Å². The minimum Gasteiger partial charge on any atom is -0.339 e. The number of carbonyl (C=O) groups is 1. The molecule has 6 heteroatoms. The van der Waals surface area contributed by atoms with Gasteiger partial charge in [-0.05, 0) is 50.5 Å². The molecule has 5 nitrogen and oxygen atoms in total. The Morgan fingerprint density at radius 3 is 3.04 bits per heavy atom. The number of amides is 1. The van der Waals surface area contributed by atoms with Crippen molar-refractivity contribution in [2.75, 3.05) is 6.54 Å². The minimum atomic E-state index is -0.0468. The number of aryl methyl sites for hydroxylation is 2. The Labute approximate surface area is 146 Å². The number of thiophene rings is 1. The van der Waals surface area contributed by atoms with E-state index in [0.29, 0.717) is 11.7 Å². The molecule has 128 valence electrons. The maximum atomic E-state index is 13.2. The van der Waals surface area contributed by atoms with Crippen LogP contribution in [0.15, 0.2) is 9.90 Å². The lowest BCUT2D eigenvalue weighted by Gasteiger charge is -2.34. The van der Waals surface area contributed by atoms with Gasteiger partial charge in [-0.3, -0.25) is 4.79 Å². The van der Waals surface area contributed by atoms with Crippen LogP contribution in [0, 0.1) is 0 Å². The largest absolute Gasteiger partial charge is 0.339 e. The summed E-state index contributed by atoms with van der Waals surface area (Å²) >= 11 is 1.75. The topological polar surface area (TPSA) is 59.2 Å². The summed E-state index contributed by atoms with van der Waals surface area (Å²) in [6.45, 7) is 2.78. The van der Waals surface area contributed by atoms with Crippen LogP contribution in [0.3, 0.4) is 0 Å². The molecule has 2 aromatic heterocycles. The van der Waals surface area contributed by atoms with Crippen LogP contribution in [0.1, 0.15) is 77.6 Å². The molecule has 3 heterocycles. The molecular weight excluding hydrogens is 322 g/mol. The fourth-order valence-corrected chi connectivity index (χ4v) is 4.94. The smallest absolute Gasteiger partial charge is 0.255 e. The summed E-state index contributed by atoms with van der Waals surface area (Å²) in [4.78, 5) is 21.1. The third-order valence-corrected chi connectivity index (χ3v) is 6.23. The summed E-state index contributed by atoms with van der Waals surface area (Å²) in [7, 11) is 0. The number of piperidine rings is 1. The van der Waals surface area contributed by atoms with E-state index in [-0.39, 0.29) is 11.9 Å². The predicted octanol–water partition coefficient (Wildman–Crippen LogP) is 3.94. The predicted molar refractivity (Wildman–Crippen MR) is 92.3 cm³/mol. The number of hydrogen-bond acceptors (Lipinski definition) is 5. The Morgan fingerprint density at radius 2 is 2.21 bits per heavy atom. The zero-order valence-electron chi connectivity index (χ0n) is 14.1. The van der Waals surface area contributed by atoms with Gasteiger partial charge in [0.15, 0.2) is 5.82 Å². The summed E-state index contributed by atoms with van der Waals surface area (Å²) in [5, 5.41) is 6.20. The molecule has 4 rings (SSSR count). The molecule has 1 unspecified atom stereocenters. The van der Waals surface area contributed by atoms with E-state index in [9.17, 15) is 4.79 Å². The van der Waals surface area contributed by atoms with E-state index in [1.807, 2.05) is 11.8 Å². The SMILES string of the molecule is CCc1nc(C2CCCCN2C(=O)c2csc3c2CCCC3)no1. The van der Waals surface area contributed by atoms with E-state index in [0.717, 1.165) is 50.6 Å². The number of hydrogen-bond donors (Lipinski definition) is 0. The van der Waals surface area contributed by atoms with Gasteiger partial charge < -0.3 is 9.42 Å². The van der Waals surface area contributed by atoms with Crippen molar-refractivity contribution < 1.29 is 9.32 Å². The molecule has 0 aromatic carbocycles. The van der Waals surface area contributed by atoms with E-state index >= 15 is 0 Å². The third kappa shape index (κ3) is 2.77. The summed E-state index contributed by atoms with van der Waals surface area (Å²) < 4.78 is 5.28. The molecule has 1 amide bonds. The Morgan fingerprint density at radius 1 is 1.33 bits per heavy atom. The highest BCUT2D eigenvalue weighted by molar-refractivity contribution is 7.10. The molecule has 1 atom stereocenters. The highest BCUT2D eigenvalue weighted by atomic mass is 32.1.